The van der Waals surface area contributed by atoms with E-state index in [0.29, 0.717) is 19.3 Å². The van der Waals surface area contributed by atoms with Crippen LogP contribution < -0.4 is 10.6 Å². The Morgan fingerprint density at radius 3 is 2.26 bits per heavy atom. The fraction of sp³-hybridized carbons (Fsp3) is 0.522. The molecule has 0 saturated heterocycles. The van der Waals surface area contributed by atoms with Gasteiger partial charge in [-0.1, -0.05) is 6.07 Å². The Balaban J connectivity index is 1.09. The first kappa shape index (κ1) is 23.8. The third-order valence-electron chi connectivity index (χ3n) is 7.07. The molecule has 2 amide bonds. The summed E-state index contributed by atoms with van der Waals surface area (Å²) >= 11 is 0. The van der Waals surface area contributed by atoms with E-state index in [0.717, 1.165) is 12.1 Å². The lowest BCUT2D eigenvalue weighted by Crippen LogP contribution is -2.84. The highest BCUT2D eigenvalue weighted by atomic mass is 19.4. The van der Waals surface area contributed by atoms with Crippen molar-refractivity contribution in [2.24, 2.45) is 5.92 Å². The van der Waals surface area contributed by atoms with Crippen LogP contribution in [0.1, 0.15) is 48.2 Å². The highest BCUT2D eigenvalue weighted by Gasteiger charge is 2.69. The summed E-state index contributed by atoms with van der Waals surface area (Å²) in [6.07, 6.45) is -8.04. The van der Waals surface area contributed by atoms with Crippen LogP contribution in [0.15, 0.2) is 30.3 Å². The van der Waals surface area contributed by atoms with Gasteiger partial charge < -0.3 is 15.4 Å². The number of pyridine rings is 1. The van der Waals surface area contributed by atoms with Gasteiger partial charge in [-0.05, 0) is 56.4 Å². The molecule has 2 N–H and O–H groups in total. The average Bonchev–Trinajstić information content (AvgIpc) is 2.67. The van der Waals surface area contributed by atoms with E-state index < -0.39 is 52.8 Å². The smallest absolute Gasteiger partial charge is 0.368 e. The maximum atomic E-state index is 12.9. The number of nitrogens with one attached hydrogen (secondary N) is 2. The zero-order valence-corrected chi connectivity index (χ0v) is 18.2. The Bertz CT molecular complexity index is 1170. The van der Waals surface area contributed by atoms with Crippen molar-refractivity contribution < 1.29 is 40.7 Å². The molecule has 0 radical (unpaired) electrons. The number of fused-ring (bicyclic) bond motifs is 1. The largest absolute Gasteiger partial charge is 0.416 e. The van der Waals surface area contributed by atoms with Crippen LogP contribution >= 0.6 is 0 Å². The average molecular weight is 501 g/mol. The molecule has 0 atom stereocenters. The number of ether oxygens (including phenoxy) is 1. The van der Waals surface area contributed by atoms with Crippen molar-refractivity contribution in [3.63, 3.8) is 0 Å². The molecule has 6 nitrogen and oxygen atoms in total. The van der Waals surface area contributed by atoms with Gasteiger partial charge in [0.15, 0.2) is 0 Å². The van der Waals surface area contributed by atoms with Gasteiger partial charge in [0.05, 0.1) is 23.1 Å². The maximum Gasteiger partial charge on any atom is 0.416 e. The lowest BCUT2D eigenvalue weighted by molar-refractivity contribution is -0.220. The third kappa shape index (κ3) is 4.55. The number of hydrogen-bond acceptors (Lipinski definition) is 4. The van der Waals surface area contributed by atoms with Crippen LogP contribution in [0.2, 0.25) is 0 Å². The van der Waals surface area contributed by atoms with Crippen LogP contribution in [0, 0.1) is 5.92 Å². The van der Waals surface area contributed by atoms with E-state index in [4.69, 9.17) is 4.74 Å². The number of carbonyl (C=O) groups excluding carboxylic acids is 2. The topological polar surface area (TPSA) is 80.3 Å². The summed E-state index contributed by atoms with van der Waals surface area (Å²) in [6.45, 7) is -0.312. The molecule has 0 spiro atoms. The van der Waals surface area contributed by atoms with Crippen molar-refractivity contribution in [3.05, 3.63) is 41.6 Å². The van der Waals surface area contributed by atoms with Gasteiger partial charge in [0.25, 0.3) is 5.91 Å². The Morgan fingerprint density at radius 1 is 0.971 bits per heavy atom. The zero-order chi connectivity index (χ0) is 25.2. The molecule has 1 aromatic heterocycles. The second-order valence-corrected chi connectivity index (χ2v) is 9.84. The summed E-state index contributed by atoms with van der Waals surface area (Å²) in [6, 6.07) is 5.88. The van der Waals surface area contributed by atoms with Crippen molar-refractivity contribution in [2.45, 2.75) is 61.6 Å². The number of benzene rings is 1. The van der Waals surface area contributed by atoms with Crippen LogP contribution in [0.4, 0.5) is 26.3 Å². The van der Waals surface area contributed by atoms with E-state index in [-0.39, 0.29) is 36.0 Å². The minimum absolute atomic E-state index is 0.0751. The standard InChI is InChI=1S/C23H21F6N3O3/c24-22(25,26)13-2-4-16-12(5-13)1-3-17(30-16)19(34)32-21-9-20(10-21,11-21)31-18(33)8-35-15-6-14(7-15)23(27,28)29/h1-5,14-15H,6-11H2,(H,31,33)(H,32,34)/t14-,15-,20?,21?. The van der Waals surface area contributed by atoms with Gasteiger partial charge >= 0.3 is 12.4 Å². The molecule has 1 heterocycles. The predicted molar refractivity (Wildman–Crippen MR) is 110 cm³/mol. The van der Waals surface area contributed by atoms with Crippen molar-refractivity contribution in [1.29, 1.82) is 0 Å². The predicted octanol–water partition coefficient (Wildman–Crippen LogP) is 4.13. The molecule has 4 aliphatic rings. The second kappa shape index (κ2) is 7.81. The number of alkyl halides is 6. The van der Waals surface area contributed by atoms with Crippen molar-refractivity contribution in [3.8, 4) is 0 Å². The fourth-order valence-electron chi connectivity index (χ4n) is 5.28. The van der Waals surface area contributed by atoms with E-state index in [2.05, 4.69) is 15.6 Å². The van der Waals surface area contributed by atoms with Crippen LogP contribution in [0.3, 0.4) is 0 Å². The highest BCUT2D eigenvalue weighted by molar-refractivity contribution is 5.96. The summed E-state index contributed by atoms with van der Waals surface area (Å²) in [5.74, 6) is -2.24. The molecule has 4 fully saturated rings. The Labute approximate surface area is 195 Å². The monoisotopic (exact) mass is 501 g/mol. The van der Waals surface area contributed by atoms with E-state index in [1.807, 2.05) is 0 Å². The van der Waals surface area contributed by atoms with Gasteiger partial charge in [0, 0.05) is 16.5 Å². The maximum absolute atomic E-state index is 12.9. The SMILES string of the molecule is O=C(CO[C@H]1C[C@H](C(F)(F)F)C1)NC12CC(NC(=O)c3ccc4cc(C(F)(F)F)ccc4n3)(C1)C2. The van der Waals surface area contributed by atoms with Crippen molar-refractivity contribution in [2.75, 3.05) is 6.61 Å². The Morgan fingerprint density at radius 2 is 1.63 bits per heavy atom. The lowest BCUT2D eigenvalue weighted by atomic mass is 9.44. The van der Waals surface area contributed by atoms with E-state index >= 15 is 0 Å². The van der Waals surface area contributed by atoms with Gasteiger partial charge in [-0.15, -0.1) is 0 Å². The molecule has 1 aromatic carbocycles. The number of nitrogens with zero attached hydrogens (tertiary/aromatic N) is 1. The summed E-state index contributed by atoms with van der Waals surface area (Å²) in [5.41, 5.74) is -1.41. The number of rotatable bonds is 6. The summed E-state index contributed by atoms with van der Waals surface area (Å²) in [4.78, 5) is 28.9. The summed E-state index contributed by atoms with van der Waals surface area (Å²) in [5, 5.41) is 5.99. The second-order valence-electron chi connectivity index (χ2n) is 9.84. The molecule has 2 bridgehead atoms. The number of carbonyl (C=O) groups is 2. The third-order valence-corrected chi connectivity index (χ3v) is 7.07. The highest BCUT2D eigenvalue weighted by Crippen LogP contribution is 2.60. The first-order valence-corrected chi connectivity index (χ1v) is 11.1. The normalized spacial score (nSPS) is 29.5. The molecule has 4 aliphatic carbocycles. The first-order valence-electron chi connectivity index (χ1n) is 11.1. The van der Waals surface area contributed by atoms with Crippen LogP contribution in [0.25, 0.3) is 10.9 Å². The van der Waals surface area contributed by atoms with Gasteiger partial charge in [-0.25, -0.2) is 4.98 Å². The van der Waals surface area contributed by atoms with E-state index in [1.54, 1.807) is 0 Å². The molecule has 35 heavy (non-hydrogen) atoms. The van der Waals surface area contributed by atoms with Gasteiger partial charge in [0.1, 0.15) is 12.3 Å². The molecular formula is C23H21F6N3O3. The minimum atomic E-state index is -4.47. The number of hydrogen-bond donors (Lipinski definition) is 2. The zero-order valence-electron chi connectivity index (χ0n) is 18.2. The summed E-state index contributed by atoms with van der Waals surface area (Å²) < 4.78 is 81.4. The van der Waals surface area contributed by atoms with Crippen LogP contribution in [-0.4, -0.2) is 46.8 Å². The molecule has 12 heteroatoms. The number of amides is 2. The quantitative estimate of drug-likeness (QED) is 0.584. The van der Waals surface area contributed by atoms with Crippen LogP contribution in [-0.2, 0) is 15.7 Å². The molecule has 0 unspecified atom stereocenters. The van der Waals surface area contributed by atoms with Gasteiger partial charge in [-0.2, -0.15) is 26.3 Å². The molecule has 2 aromatic rings. The minimum Gasteiger partial charge on any atom is -0.368 e. The Kier molecular flexibility index (Phi) is 5.32. The molecular weight excluding hydrogens is 480 g/mol. The van der Waals surface area contributed by atoms with Gasteiger partial charge in [0.2, 0.25) is 5.91 Å². The summed E-state index contributed by atoms with van der Waals surface area (Å²) in [7, 11) is 0. The van der Waals surface area contributed by atoms with E-state index in [9.17, 15) is 35.9 Å². The van der Waals surface area contributed by atoms with E-state index in [1.165, 1.54) is 18.2 Å². The number of halogens is 6. The molecule has 0 aliphatic heterocycles. The van der Waals surface area contributed by atoms with Gasteiger partial charge in [-0.3, -0.25) is 9.59 Å². The molecule has 188 valence electrons. The fourth-order valence-corrected chi connectivity index (χ4v) is 5.28. The van der Waals surface area contributed by atoms with Crippen molar-refractivity contribution in [1.82, 2.24) is 15.6 Å². The molecule has 6 rings (SSSR count). The first-order chi connectivity index (χ1) is 16.3. The van der Waals surface area contributed by atoms with Crippen LogP contribution in [0.5, 0.6) is 0 Å². The lowest BCUT2D eigenvalue weighted by Gasteiger charge is -2.70. The van der Waals surface area contributed by atoms with Crippen molar-refractivity contribution >= 4 is 22.7 Å². The molecule has 4 saturated carbocycles. The Hall–Kier alpha value is -2.89. The number of aromatic nitrogens is 1.